The molecule has 1 N–H and O–H groups in total. The van der Waals surface area contributed by atoms with Gasteiger partial charge in [0.25, 0.3) is 0 Å². The molecule has 0 aromatic carbocycles. The fourth-order valence-electron chi connectivity index (χ4n) is 1.77. The number of aromatic nitrogens is 1. The van der Waals surface area contributed by atoms with Crippen molar-refractivity contribution in [2.45, 2.75) is 25.0 Å². The number of carbonyl (C=O) groups is 1. The molecule has 1 aromatic rings. The van der Waals surface area contributed by atoms with Crippen LogP contribution < -0.4 is 0 Å². The van der Waals surface area contributed by atoms with E-state index in [2.05, 4.69) is 26.0 Å². The van der Waals surface area contributed by atoms with Crippen LogP contribution in [0.15, 0.2) is 17.2 Å². The summed E-state index contributed by atoms with van der Waals surface area (Å²) in [6.07, 6.45) is -4.47. The number of aliphatic carboxylic acids is 1. The molecular formula is C11H9BrF3N3O2S. The zero-order valence-corrected chi connectivity index (χ0v) is 13.0. The number of hydrogen-bond acceptors (Lipinski definition) is 5. The van der Waals surface area contributed by atoms with E-state index in [0.29, 0.717) is 3.95 Å². The predicted molar refractivity (Wildman–Crippen MR) is 74.9 cm³/mol. The number of aryl methyl sites for hydroxylation is 1. The summed E-state index contributed by atoms with van der Waals surface area (Å²) in [6.45, 7) is 1.33. The van der Waals surface area contributed by atoms with Gasteiger partial charge < -0.3 is 5.11 Å². The standard InChI is InChI=1S/C11H9BrF3N3O2S/c1-5-2-6(11(13,14)15)3-7(16-5)4-18-8(9(19)20)21-10(12)17-18/h2-3,8H,4H2,1H3,(H,19,20). The highest BCUT2D eigenvalue weighted by molar-refractivity contribution is 9.22. The molecule has 0 saturated carbocycles. The Balaban J connectivity index is 2.27. The van der Waals surface area contributed by atoms with E-state index in [9.17, 15) is 18.0 Å². The first-order valence-corrected chi connectivity index (χ1v) is 7.29. The average Bonchev–Trinajstić information content (AvgIpc) is 2.68. The first kappa shape index (κ1) is 16.1. The summed E-state index contributed by atoms with van der Waals surface area (Å²) in [5.74, 6) is -1.12. The van der Waals surface area contributed by atoms with Gasteiger partial charge in [-0.25, -0.2) is 4.79 Å². The molecule has 114 valence electrons. The number of carboxylic acid groups (broad SMARTS) is 1. The zero-order valence-electron chi connectivity index (χ0n) is 10.6. The molecule has 0 bridgehead atoms. The Bertz CT molecular complexity index is 609. The van der Waals surface area contributed by atoms with Crippen LogP contribution in [0.1, 0.15) is 17.0 Å². The van der Waals surface area contributed by atoms with Crippen molar-refractivity contribution in [3.8, 4) is 0 Å². The summed E-state index contributed by atoms with van der Waals surface area (Å²) < 4.78 is 38.6. The van der Waals surface area contributed by atoms with Crippen molar-refractivity contribution in [3.63, 3.8) is 0 Å². The number of thioether (sulfide) groups is 1. The van der Waals surface area contributed by atoms with E-state index in [1.807, 2.05) is 0 Å². The topological polar surface area (TPSA) is 65.8 Å². The van der Waals surface area contributed by atoms with Crippen LogP contribution in [0.25, 0.3) is 0 Å². The SMILES string of the molecule is Cc1cc(C(F)(F)F)cc(CN2N=C(Br)SC2C(=O)O)n1. The summed E-state index contributed by atoms with van der Waals surface area (Å²) in [5, 5.41) is 13.2. The highest BCUT2D eigenvalue weighted by Crippen LogP contribution is 2.32. The number of hydrazone groups is 1. The van der Waals surface area contributed by atoms with E-state index >= 15 is 0 Å². The Morgan fingerprint density at radius 3 is 2.76 bits per heavy atom. The van der Waals surface area contributed by atoms with Crippen LogP contribution in [0, 0.1) is 6.92 Å². The van der Waals surface area contributed by atoms with Crippen LogP contribution in [-0.4, -0.2) is 30.4 Å². The largest absolute Gasteiger partial charge is 0.479 e. The fourth-order valence-corrected chi connectivity index (χ4v) is 3.19. The number of hydrogen-bond donors (Lipinski definition) is 1. The molecule has 1 aliphatic heterocycles. The molecule has 1 aromatic heterocycles. The van der Waals surface area contributed by atoms with Crippen molar-refractivity contribution in [2.24, 2.45) is 5.10 Å². The molecule has 21 heavy (non-hydrogen) atoms. The number of halogens is 4. The molecule has 0 fully saturated rings. The molecular weight excluding hydrogens is 375 g/mol. The summed E-state index contributed by atoms with van der Waals surface area (Å²) in [5.41, 5.74) is -0.492. The van der Waals surface area contributed by atoms with Crippen LogP contribution in [0.2, 0.25) is 0 Å². The molecule has 10 heteroatoms. The van der Waals surface area contributed by atoms with Crippen molar-refractivity contribution in [1.29, 1.82) is 0 Å². The lowest BCUT2D eigenvalue weighted by atomic mass is 10.2. The normalized spacial score (nSPS) is 18.8. The van der Waals surface area contributed by atoms with Gasteiger partial charge in [0.05, 0.1) is 17.8 Å². The molecule has 2 rings (SSSR count). The molecule has 2 heterocycles. The number of pyridine rings is 1. The first-order chi connectivity index (χ1) is 9.66. The minimum atomic E-state index is -4.47. The zero-order chi connectivity index (χ0) is 15.8. The monoisotopic (exact) mass is 383 g/mol. The lowest BCUT2D eigenvalue weighted by Crippen LogP contribution is -2.31. The van der Waals surface area contributed by atoms with E-state index in [1.54, 1.807) is 0 Å². The Kier molecular flexibility index (Phi) is 4.47. The third-order valence-corrected chi connectivity index (χ3v) is 4.22. The third kappa shape index (κ3) is 3.88. The van der Waals surface area contributed by atoms with Gasteiger partial charge in [-0.05, 0) is 35.0 Å². The minimum Gasteiger partial charge on any atom is -0.479 e. The predicted octanol–water partition coefficient (Wildman–Crippen LogP) is 3.03. The summed E-state index contributed by atoms with van der Waals surface area (Å²) in [4.78, 5) is 15.1. The van der Waals surface area contributed by atoms with Gasteiger partial charge in [0.1, 0.15) is 0 Å². The van der Waals surface area contributed by atoms with Crippen molar-refractivity contribution >= 4 is 37.6 Å². The van der Waals surface area contributed by atoms with Crippen LogP contribution in [0.3, 0.4) is 0 Å². The first-order valence-electron chi connectivity index (χ1n) is 5.62. The van der Waals surface area contributed by atoms with Gasteiger partial charge >= 0.3 is 12.1 Å². The molecule has 1 unspecified atom stereocenters. The second-order valence-corrected chi connectivity index (χ2v) is 6.59. The van der Waals surface area contributed by atoms with E-state index < -0.39 is 23.1 Å². The molecule has 1 aliphatic rings. The Morgan fingerprint density at radius 2 is 2.19 bits per heavy atom. The summed E-state index contributed by atoms with van der Waals surface area (Å²) in [6, 6.07) is 1.84. The maximum Gasteiger partial charge on any atom is 0.416 e. The van der Waals surface area contributed by atoms with Crippen LogP contribution >= 0.6 is 27.7 Å². The number of carboxylic acids is 1. The lowest BCUT2D eigenvalue weighted by Gasteiger charge is -2.19. The Labute approximate surface area is 130 Å². The lowest BCUT2D eigenvalue weighted by molar-refractivity contribution is -0.140. The maximum absolute atomic E-state index is 12.8. The van der Waals surface area contributed by atoms with Crippen molar-refractivity contribution in [2.75, 3.05) is 0 Å². The van der Waals surface area contributed by atoms with Gasteiger partial charge in [0.2, 0.25) is 0 Å². The number of alkyl halides is 3. The summed E-state index contributed by atoms with van der Waals surface area (Å²) >= 11 is 4.03. The van der Waals surface area contributed by atoms with Crippen molar-refractivity contribution in [1.82, 2.24) is 9.99 Å². The molecule has 0 aliphatic carbocycles. The number of nitrogens with zero attached hydrogens (tertiary/aromatic N) is 3. The van der Waals surface area contributed by atoms with Gasteiger partial charge in [-0.15, -0.1) is 0 Å². The third-order valence-electron chi connectivity index (χ3n) is 2.56. The number of rotatable bonds is 3. The molecule has 1 atom stereocenters. The van der Waals surface area contributed by atoms with E-state index in [1.165, 1.54) is 11.9 Å². The van der Waals surface area contributed by atoms with E-state index in [4.69, 9.17) is 5.11 Å². The fraction of sp³-hybridized carbons (Fsp3) is 0.364. The van der Waals surface area contributed by atoms with Crippen LogP contribution in [0.4, 0.5) is 13.2 Å². The molecule has 0 spiro atoms. The van der Waals surface area contributed by atoms with Crippen molar-refractivity contribution in [3.05, 3.63) is 29.1 Å². The smallest absolute Gasteiger partial charge is 0.416 e. The molecule has 0 radical (unpaired) electrons. The van der Waals surface area contributed by atoms with E-state index in [-0.39, 0.29) is 17.9 Å². The van der Waals surface area contributed by atoms with E-state index in [0.717, 1.165) is 23.9 Å². The van der Waals surface area contributed by atoms with Gasteiger partial charge in [0.15, 0.2) is 9.33 Å². The quantitative estimate of drug-likeness (QED) is 0.868. The Hall–Kier alpha value is -1.29. The maximum atomic E-state index is 12.8. The summed E-state index contributed by atoms with van der Waals surface area (Å²) in [7, 11) is 0. The van der Waals surface area contributed by atoms with Crippen LogP contribution in [-0.2, 0) is 17.5 Å². The van der Waals surface area contributed by atoms with Gasteiger partial charge in [-0.1, -0.05) is 11.8 Å². The second-order valence-electron chi connectivity index (χ2n) is 4.25. The second kappa shape index (κ2) is 5.84. The highest BCUT2D eigenvalue weighted by Gasteiger charge is 2.34. The van der Waals surface area contributed by atoms with Gasteiger partial charge in [-0.2, -0.15) is 18.3 Å². The average molecular weight is 384 g/mol. The Morgan fingerprint density at radius 1 is 1.52 bits per heavy atom. The molecule has 5 nitrogen and oxygen atoms in total. The van der Waals surface area contributed by atoms with Gasteiger partial charge in [-0.3, -0.25) is 9.99 Å². The molecule has 0 amide bonds. The van der Waals surface area contributed by atoms with Crippen molar-refractivity contribution < 1.29 is 23.1 Å². The minimum absolute atomic E-state index is 0.111. The van der Waals surface area contributed by atoms with Crippen LogP contribution in [0.5, 0.6) is 0 Å². The molecule has 0 saturated heterocycles. The highest BCUT2D eigenvalue weighted by atomic mass is 79.9. The van der Waals surface area contributed by atoms with Gasteiger partial charge in [0, 0.05) is 5.69 Å².